The average Bonchev–Trinajstić information content (AvgIpc) is 2.76. The fourth-order valence-electron chi connectivity index (χ4n) is 3.04. The Morgan fingerprint density at radius 1 is 1.19 bits per heavy atom. The number of halogens is 4. The number of guanidine groups is 1. The lowest BCUT2D eigenvalue weighted by Gasteiger charge is -2.21. The minimum Gasteiger partial charge on any atom is -0.381 e. The van der Waals surface area contributed by atoms with Crippen LogP contribution in [0.2, 0.25) is 0 Å². The summed E-state index contributed by atoms with van der Waals surface area (Å²) >= 11 is 0. The molecule has 0 bridgehead atoms. The van der Waals surface area contributed by atoms with Gasteiger partial charge in [-0.3, -0.25) is 4.99 Å². The van der Waals surface area contributed by atoms with Gasteiger partial charge in [0.1, 0.15) is 5.82 Å². The van der Waals surface area contributed by atoms with E-state index >= 15 is 0 Å². The van der Waals surface area contributed by atoms with Crippen molar-refractivity contribution in [2.45, 2.75) is 38.8 Å². The highest BCUT2D eigenvalue weighted by Gasteiger charge is 2.30. The lowest BCUT2D eigenvalue weighted by molar-refractivity contribution is -0.137. The van der Waals surface area contributed by atoms with Crippen LogP contribution < -0.4 is 16.0 Å². The minimum atomic E-state index is -4.37. The summed E-state index contributed by atoms with van der Waals surface area (Å²) in [5, 5.41) is 9.50. The van der Waals surface area contributed by atoms with Crippen LogP contribution in [-0.4, -0.2) is 63.6 Å². The molecule has 2 heterocycles. The van der Waals surface area contributed by atoms with Gasteiger partial charge in [0, 0.05) is 58.8 Å². The van der Waals surface area contributed by atoms with Gasteiger partial charge in [-0.15, -0.1) is 24.0 Å². The fraction of sp³-hybridized carbons (Fsp3) is 0.714. The lowest BCUT2D eigenvalue weighted by atomic mass is 10.0. The van der Waals surface area contributed by atoms with E-state index in [2.05, 4.69) is 25.9 Å². The monoisotopic (exact) mass is 573 g/mol. The van der Waals surface area contributed by atoms with E-state index in [0.717, 1.165) is 76.8 Å². The first-order valence-corrected chi connectivity index (χ1v) is 10.9. The summed E-state index contributed by atoms with van der Waals surface area (Å²) in [6.07, 6.45) is 0.259. The maximum Gasteiger partial charge on any atom is 0.417 e. The largest absolute Gasteiger partial charge is 0.417 e. The van der Waals surface area contributed by atoms with Crippen LogP contribution in [0, 0.1) is 5.92 Å². The molecule has 0 aromatic carbocycles. The molecule has 1 aliphatic rings. The predicted molar refractivity (Wildman–Crippen MR) is 131 cm³/mol. The molecule has 0 saturated carbocycles. The van der Waals surface area contributed by atoms with Crippen LogP contribution in [0.15, 0.2) is 23.3 Å². The van der Waals surface area contributed by atoms with Crippen molar-refractivity contribution in [3.63, 3.8) is 0 Å². The SMILES string of the molecule is CCNC(=NCCCNc1ccc(C(F)(F)F)cn1)NCCCOCC1CCOCC1.I. The highest BCUT2D eigenvalue weighted by Crippen LogP contribution is 2.28. The summed E-state index contributed by atoms with van der Waals surface area (Å²) in [7, 11) is 0. The number of nitrogens with one attached hydrogen (secondary N) is 3. The Hall–Kier alpha value is -1.34. The first-order chi connectivity index (χ1) is 15.0. The van der Waals surface area contributed by atoms with E-state index in [-0.39, 0.29) is 24.0 Å². The topological polar surface area (TPSA) is 79.8 Å². The number of aliphatic imine (C=N–C) groups is 1. The molecule has 2 rings (SSSR count). The van der Waals surface area contributed by atoms with E-state index in [1.807, 2.05) is 6.92 Å². The molecule has 1 saturated heterocycles. The Bertz CT molecular complexity index is 641. The Balaban J connectivity index is 0.00000512. The molecule has 1 aromatic heterocycles. The van der Waals surface area contributed by atoms with Gasteiger partial charge in [0.2, 0.25) is 0 Å². The third-order valence-corrected chi connectivity index (χ3v) is 4.80. The maximum absolute atomic E-state index is 12.5. The van der Waals surface area contributed by atoms with Crippen LogP contribution in [0.3, 0.4) is 0 Å². The second kappa shape index (κ2) is 16.3. The van der Waals surface area contributed by atoms with Gasteiger partial charge < -0.3 is 25.4 Å². The van der Waals surface area contributed by atoms with Crippen LogP contribution in [-0.2, 0) is 15.7 Å². The second-order valence-electron chi connectivity index (χ2n) is 7.38. The Kier molecular flexibility index (Phi) is 14.6. The summed E-state index contributed by atoms with van der Waals surface area (Å²) in [5.74, 6) is 1.79. The Morgan fingerprint density at radius 2 is 1.97 bits per heavy atom. The summed E-state index contributed by atoms with van der Waals surface area (Å²) in [4.78, 5) is 8.31. The van der Waals surface area contributed by atoms with Crippen molar-refractivity contribution < 1.29 is 22.6 Å². The van der Waals surface area contributed by atoms with Crippen LogP contribution in [0.25, 0.3) is 0 Å². The fourth-order valence-corrected chi connectivity index (χ4v) is 3.04. The number of alkyl halides is 3. The minimum absolute atomic E-state index is 0. The molecule has 11 heteroatoms. The molecule has 3 N–H and O–H groups in total. The van der Waals surface area contributed by atoms with Gasteiger partial charge in [0.05, 0.1) is 5.56 Å². The van der Waals surface area contributed by atoms with E-state index in [1.165, 1.54) is 6.07 Å². The van der Waals surface area contributed by atoms with Crippen LogP contribution >= 0.6 is 24.0 Å². The molecular weight excluding hydrogens is 538 g/mol. The molecule has 1 aliphatic heterocycles. The summed E-state index contributed by atoms with van der Waals surface area (Å²) in [6, 6.07) is 2.36. The van der Waals surface area contributed by atoms with Crippen molar-refractivity contribution in [2.24, 2.45) is 10.9 Å². The smallest absolute Gasteiger partial charge is 0.381 e. The Labute approximate surface area is 205 Å². The van der Waals surface area contributed by atoms with Gasteiger partial charge in [-0.05, 0) is 50.7 Å². The summed E-state index contributed by atoms with van der Waals surface area (Å²) in [6.45, 7) is 7.90. The molecule has 7 nitrogen and oxygen atoms in total. The highest BCUT2D eigenvalue weighted by atomic mass is 127. The highest BCUT2D eigenvalue weighted by molar-refractivity contribution is 14.0. The standard InChI is InChI=1S/C21H34F3N5O2.HI/c1-2-25-20(28-11-4-12-31-16-17-7-13-30-14-8-17)27-10-3-9-26-19-6-5-18(15-29-19)21(22,23)24;/h5-6,15,17H,2-4,7-14,16H2,1H3,(H,26,29)(H2,25,27,28);1H. The molecule has 0 atom stereocenters. The third-order valence-electron chi connectivity index (χ3n) is 4.80. The summed E-state index contributed by atoms with van der Waals surface area (Å²) in [5.41, 5.74) is -0.752. The number of nitrogens with zero attached hydrogens (tertiary/aromatic N) is 2. The molecule has 0 radical (unpaired) electrons. The second-order valence-corrected chi connectivity index (χ2v) is 7.38. The average molecular weight is 573 g/mol. The summed E-state index contributed by atoms with van der Waals surface area (Å²) < 4.78 is 48.7. The zero-order chi connectivity index (χ0) is 22.4. The maximum atomic E-state index is 12.5. The van der Waals surface area contributed by atoms with Crippen molar-refractivity contribution in [1.29, 1.82) is 0 Å². The molecule has 184 valence electrons. The van der Waals surface area contributed by atoms with Gasteiger partial charge in [0.25, 0.3) is 0 Å². The lowest BCUT2D eigenvalue weighted by Crippen LogP contribution is -2.38. The zero-order valence-corrected chi connectivity index (χ0v) is 20.9. The normalized spacial score (nSPS) is 15.2. The predicted octanol–water partition coefficient (Wildman–Crippen LogP) is 3.91. The van der Waals surface area contributed by atoms with Crippen molar-refractivity contribution >= 4 is 35.8 Å². The van der Waals surface area contributed by atoms with Crippen LogP contribution in [0.4, 0.5) is 19.0 Å². The number of ether oxygens (including phenoxy) is 2. The van der Waals surface area contributed by atoms with Crippen LogP contribution in [0.5, 0.6) is 0 Å². The molecular formula is C21H35F3IN5O2. The van der Waals surface area contributed by atoms with Gasteiger partial charge in [0.15, 0.2) is 5.96 Å². The third kappa shape index (κ3) is 12.0. The van der Waals surface area contributed by atoms with Crippen molar-refractivity contribution in [2.75, 3.05) is 57.9 Å². The number of rotatable bonds is 12. The quantitative estimate of drug-likeness (QED) is 0.152. The Morgan fingerprint density at radius 3 is 2.62 bits per heavy atom. The van der Waals surface area contributed by atoms with E-state index in [0.29, 0.717) is 31.4 Å². The van der Waals surface area contributed by atoms with Gasteiger partial charge in [-0.2, -0.15) is 13.2 Å². The van der Waals surface area contributed by atoms with E-state index in [9.17, 15) is 13.2 Å². The number of hydrogen-bond acceptors (Lipinski definition) is 5. The molecule has 0 unspecified atom stereocenters. The molecule has 0 amide bonds. The van der Waals surface area contributed by atoms with Crippen molar-refractivity contribution in [3.05, 3.63) is 23.9 Å². The van der Waals surface area contributed by atoms with Crippen molar-refractivity contribution in [1.82, 2.24) is 15.6 Å². The molecule has 1 aromatic rings. The number of aromatic nitrogens is 1. The molecule has 0 aliphatic carbocycles. The molecule has 32 heavy (non-hydrogen) atoms. The number of hydrogen-bond donors (Lipinski definition) is 3. The van der Waals surface area contributed by atoms with Gasteiger partial charge in [-0.25, -0.2) is 4.98 Å². The zero-order valence-electron chi connectivity index (χ0n) is 18.5. The van der Waals surface area contributed by atoms with E-state index < -0.39 is 11.7 Å². The van der Waals surface area contributed by atoms with E-state index in [4.69, 9.17) is 9.47 Å². The van der Waals surface area contributed by atoms with Crippen LogP contribution in [0.1, 0.15) is 38.2 Å². The van der Waals surface area contributed by atoms with Gasteiger partial charge in [-0.1, -0.05) is 0 Å². The first kappa shape index (κ1) is 28.7. The van der Waals surface area contributed by atoms with Gasteiger partial charge >= 0.3 is 6.18 Å². The first-order valence-electron chi connectivity index (χ1n) is 10.9. The molecule has 0 spiro atoms. The van der Waals surface area contributed by atoms with E-state index in [1.54, 1.807) is 0 Å². The number of pyridine rings is 1. The van der Waals surface area contributed by atoms with Crippen molar-refractivity contribution in [3.8, 4) is 0 Å². The number of anilines is 1. The molecule has 1 fully saturated rings.